The van der Waals surface area contributed by atoms with Crippen molar-refractivity contribution in [3.63, 3.8) is 0 Å². The molecule has 104 valence electrons. The molecule has 0 radical (unpaired) electrons. The van der Waals surface area contributed by atoms with E-state index in [2.05, 4.69) is 10.3 Å². The Morgan fingerprint density at radius 1 is 1.58 bits per heavy atom. The van der Waals surface area contributed by atoms with Gasteiger partial charge in [-0.25, -0.2) is 4.98 Å². The first-order valence-corrected chi connectivity index (χ1v) is 7.07. The third-order valence-electron chi connectivity index (χ3n) is 3.10. The van der Waals surface area contributed by atoms with Gasteiger partial charge >= 0.3 is 0 Å². The number of carbonyl (C=O) groups is 1. The molecule has 0 saturated heterocycles. The van der Waals surface area contributed by atoms with E-state index in [1.54, 1.807) is 0 Å². The Labute approximate surface area is 117 Å². The van der Waals surface area contributed by atoms with Crippen LogP contribution in [0.2, 0.25) is 0 Å². The van der Waals surface area contributed by atoms with E-state index in [1.807, 2.05) is 38.1 Å². The van der Waals surface area contributed by atoms with Crippen molar-refractivity contribution < 1.29 is 9.90 Å². The zero-order chi connectivity index (χ0) is 14.0. The largest absolute Gasteiger partial charge is 0.396 e. The van der Waals surface area contributed by atoms with Crippen molar-refractivity contribution in [3.05, 3.63) is 22.7 Å². The van der Waals surface area contributed by atoms with Gasteiger partial charge in [0.15, 0.2) is 5.13 Å². The SMILES string of the molecule is Cc1nc(N(C)C)sc1C(=O)N[C@@H]1C=C[C@H](CO)C1. The number of hydrogen-bond donors (Lipinski definition) is 2. The van der Waals surface area contributed by atoms with Gasteiger partial charge in [-0.3, -0.25) is 4.79 Å². The minimum absolute atomic E-state index is 0.00829. The Morgan fingerprint density at radius 2 is 2.32 bits per heavy atom. The molecule has 2 N–H and O–H groups in total. The normalized spacial score (nSPS) is 21.7. The molecular weight excluding hydrogens is 262 g/mol. The number of rotatable bonds is 4. The van der Waals surface area contributed by atoms with Crippen LogP contribution in [-0.4, -0.2) is 42.7 Å². The number of hydrogen-bond acceptors (Lipinski definition) is 5. The summed E-state index contributed by atoms with van der Waals surface area (Å²) in [7, 11) is 3.82. The number of thiazole rings is 1. The van der Waals surface area contributed by atoms with Crippen LogP contribution in [-0.2, 0) is 0 Å². The third kappa shape index (κ3) is 3.13. The molecule has 1 aliphatic carbocycles. The molecular formula is C13H19N3O2S. The van der Waals surface area contributed by atoms with Crippen molar-refractivity contribution in [2.45, 2.75) is 19.4 Å². The number of aryl methyl sites for hydroxylation is 1. The summed E-state index contributed by atoms with van der Waals surface area (Å²) in [5.41, 5.74) is 0.756. The lowest BCUT2D eigenvalue weighted by Crippen LogP contribution is -2.32. The quantitative estimate of drug-likeness (QED) is 0.814. The van der Waals surface area contributed by atoms with Crippen molar-refractivity contribution in [1.29, 1.82) is 0 Å². The monoisotopic (exact) mass is 281 g/mol. The number of nitrogens with zero attached hydrogens (tertiary/aromatic N) is 2. The Morgan fingerprint density at radius 3 is 2.84 bits per heavy atom. The maximum atomic E-state index is 12.2. The predicted molar refractivity (Wildman–Crippen MR) is 76.8 cm³/mol. The number of aliphatic hydroxyl groups is 1. The first-order valence-electron chi connectivity index (χ1n) is 6.26. The summed E-state index contributed by atoms with van der Waals surface area (Å²) in [6.07, 6.45) is 4.67. The molecule has 0 aromatic carbocycles. The van der Waals surface area contributed by atoms with Gasteiger partial charge < -0.3 is 15.3 Å². The number of aliphatic hydroxyl groups excluding tert-OH is 1. The number of carbonyl (C=O) groups excluding carboxylic acids is 1. The highest BCUT2D eigenvalue weighted by Crippen LogP contribution is 2.25. The second kappa shape index (κ2) is 5.71. The summed E-state index contributed by atoms with van der Waals surface area (Å²) < 4.78 is 0. The zero-order valence-electron chi connectivity index (χ0n) is 11.4. The van der Waals surface area contributed by atoms with Crippen molar-refractivity contribution in [2.75, 3.05) is 25.6 Å². The molecule has 0 saturated carbocycles. The molecule has 19 heavy (non-hydrogen) atoms. The summed E-state index contributed by atoms with van der Waals surface area (Å²) >= 11 is 1.39. The molecule has 1 heterocycles. The predicted octanol–water partition coefficient (Wildman–Crippen LogP) is 1.18. The molecule has 5 nitrogen and oxygen atoms in total. The van der Waals surface area contributed by atoms with E-state index in [1.165, 1.54) is 11.3 Å². The molecule has 0 unspecified atom stereocenters. The van der Waals surface area contributed by atoms with Crippen molar-refractivity contribution in [2.24, 2.45) is 5.92 Å². The molecule has 1 aromatic rings. The Balaban J connectivity index is 2.03. The maximum Gasteiger partial charge on any atom is 0.263 e. The van der Waals surface area contributed by atoms with Crippen molar-refractivity contribution >= 4 is 22.4 Å². The zero-order valence-corrected chi connectivity index (χ0v) is 12.2. The van der Waals surface area contributed by atoms with Gasteiger partial charge in [-0.05, 0) is 13.3 Å². The number of anilines is 1. The van der Waals surface area contributed by atoms with Gasteiger partial charge in [-0.1, -0.05) is 23.5 Å². The summed E-state index contributed by atoms with van der Waals surface area (Å²) in [5, 5.41) is 12.9. The topological polar surface area (TPSA) is 65.5 Å². The fourth-order valence-corrected chi connectivity index (χ4v) is 2.93. The molecule has 0 aliphatic heterocycles. The van der Waals surface area contributed by atoms with E-state index >= 15 is 0 Å². The van der Waals surface area contributed by atoms with Crippen LogP contribution < -0.4 is 10.2 Å². The standard InChI is InChI=1S/C13H19N3O2S/c1-8-11(19-13(14-8)16(2)3)12(18)15-10-5-4-9(6-10)7-17/h4-5,9-10,17H,6-7H2,1-3H3,(H,15,18)/t9-,10+/m0/s1. The van der Waals surface area contributed by atoms with Crippen LogP contribution in [0.15, 0.2) is 12.2 Å². The second-order valence-electron chi connectivity index (χ2n) is 4.95. The fourth-order valence-electron chi connectivity index (χ4n) is 2.04. The van der Waals surface area contributed by atoms with Crippen LogP contribution in [0.5, 0.6) is 0 Å². The van der Waals surface area contributed by atoms with Crippen LogP contribution >= 0.6 is 11.3 Å². The minimum Gasteiger partial charge on any atom is -0.396 e. The van der Waals surface area contributed by atoms with Gasteiger partial charge in [0.1, 0.15) is 4.88 Å². The first-order chi connectivity index (χ1) is 9.01. The lowest BCUT2D eigenvalue weighted by molar-refractivity contribution is 0.0944. The lowest BCUT2D eigenvalue weighted by atomic mass is 10.1. The second-order valence-corrected chi connectivity index (χ2v) is 5.93. The highest BCUT2D eigenvalue weighted by atomic mass is 32.1. The van der Waals surface area contributed by atoms with Crippen LogP contribution in [0.3, 0.4) is 0 Å². The summed E-state index contributed by atoms with van der Waals surface area (Å²) in [6.45, 7) is 1.98. The summed E-state index contributed by atoms with van der Waals surface area (Å²) in [5.74, 6) is 0.0709. The lowest BCUT2D eigenvalue weighted by Gasteiger charge is -2.12. The molecule has 0 bridgehead atoms. The third-order valence-corrected chi connectivity index (χ3v) is 4.42. The van der Waals surface area contributed by atoms with E-state index in [4.69, 9.17) is 5.11 Å². The van der Waals surface area contributed by atoms with Crippen LogP contribution in [0, 0.1) is 12.8 Å². The number of nitrogens with one attached hydrogen (secondary N) is 1. The van der Waals surface area contributed by atoms with E-state index in [9.17, 15) is 4.79 Å². The van der Waals surface area contributed by atoms with Crippen molar-refractivity contribution in [1.82, 2.24) is 10.3 Å². The smallest absolute Gasteiger partial charge is 0.263 e. The average molecular weight is 281 g/mol. The minimum atomic E-state index is -0.0867. The Hall–Kier alpha value is -1.40. The highest BCUT2D eigenvalue weighted by molar-refractivity contribution is 7.17. The van der Waals surface area contributed by atoms with Gasteiger partial charge in [-0.2, -0.15) is 0 Å². The fraction of sp³-hybridized carbons (Fsp3) is 0.538. The van der Waals surface area contributed by atoms with Crippen LogP contribution in [0.4, 0.5) is 5.13 Å². The highest BCUT2D eigenvalue weighted by Gasteiger charge is 2.22. The van der Waals surface area contributed by atoms with Gasteiger partial charge in [-0.15, -0.1) is 0 Å². The molecule has 1 aromatic heterocycles. The molecule has 0 fully saturated rings. The Bertz CT molecular complexity index is 496. The summed E-state index contributed by atoms with van der Waals surface area (Å²) in [6, 6.07) is 0.00829. The molecule has 1 aliphatic rings. The number of amides is 1. The van der Waals surface area contributed by atoms with Crippen molar-refractivity contribution in [3.8, 4) is 0 Å². The Kier molecular flexibility index (Phi) is 4.21. The van der Waals surface area contributed by atoms with E-state index in [-0.39, 0.29) is 24.5 Å². The summed E-state index contributed by atoms with van der Waals surface area (Å²) in [4.78, 5) is 19.1. The van der Waals surface area contributed by atoms with E-state index in [0.29, 0.717) is 4.88 Å². The van der Waals surface area contributed by atoms with Gasteiger partial charge in [0, 0.05) is 32.7 Å². The molecule has 2 atom stereocenters. The van der Waals surface area contributed by atoms with Gasteiger partial charge in [0.2, 0.25) is 0 Å². The number of aromatic nitrogens is 1. The molecule has 0 spiro atoms. The maximum absolute atomic E-state index is 12.2. The van der Waals surface area contributed by atoms with Crippen LogP contribution in [0.25, 0.3) is 0 Å². The van der Waals surface area contributed by atoms with E-state index in [0.717, 1.165) is 17.2 Å². The van der Waals surface area contributed by atoms with Gasteiger partial charge in [0.05, 0.1) is 5.69 Å². The molecule has 6 heteroatoms. The molecule has 2 rings (SSSR count). The average Bonchev–Trinajstić information content (AvgIpc) is 2.95. The van der Waals surface area contributed by atoms with Crippen LogP contribution in [0.1, 0.15) is 21.8 Å². The first kappa shape index (κ1) is 14.0. The molecule has 1 amide bonds. The van der Waals surface area contributed by atoms with E-state index < -0.39 is 0 Å². The van der Waals surface area contributed by atoms with Gasteiger partial charge in [0.25, 0.3) is 5.91 Å².